The van der Waals surface area contributed by atoms with E-state index in [1.54, 1.807) is 4.90 Å². The third-order valence-electron chi connectivity index (χ3n) is 4.28. The van der Waals surface area contributed by atoms with Crippen molar-refractivity contribution in [3.05, 3.63) is 17.8 Å². The molecular weight excluding hydrogens is 260 g/mol. The summed E-state index contributed by atoms with van der Waals surface area (Å²) in [6, 6.07) is 0. The molecule has 6 nitrogen and oxygen atoms in total. The highest BCUT2D eigenvalue weighted by molar-refractivity contribution is 5.94. The predicted molar refractivity (Wildman–Crippen MR) is 71.3 cm³/mol. The average molecular weight is 280 g/mol. The highest BCUT2D eigenvalue weighted by Crippen LogP contribution is 2.38. The van der Waals surface area contributed by atoms with Gasteiger partial charge in [-0.3, -0.25) is 9.59 Å². The Kier molecular flexibility index (Phi) is 3.83. The number of rotatable bonds is 4. The largest absolute Gasteiger partial charge is 0.481 e. The molecule has 1 aliphatic rings. The maximum atomic E-state index is 12.4. The second-order valence-corrected chi connectivity index (χ2v) is 5.57. The lowest BCUT2D eigenvalue weighted by atomic mass is 9.76. The Labute approximate surface area is 117 Å². The summed E-state index contributed by atoms with van der Waals surface area (Å²) >= 11 is 0. The lowest BCUT2D eigenvalue weighted by molar-refractivity contribution is -0.150. The standard InChI is InChI=1S/C14H20N2O4/c1-4-10-11(15-8-20-10)12(17)16-6-5-14(7-16,9(2)3)13(18)19/h8-9H,4-7H2,1-3H3,(H,18,19). The van der Waals surface area contributed by atoms with Crippen LogP contribution in [-0.4, -0.2) is 40.0 Å². The van der Waals surface area contributed by atoms with Crippen molar-refractivity contribution in [3.8, 4) is 0 Å². The zero-order valence-electron chi connectivity index (χ0n) is 12.0. The van der Waals surface area contributed by atoms with E-state index in [0.717, 1.165) is 0 Å². The fourth-order valence-corrected chi connectivity index (χ4v) is 2.74. The number of nitrogens with zero attached hydrogens (tertiary/aromatic N) is 2. The number of amides is 1. The van der Waals surface area contributed by atoms with Crippen molar-refractivity contribution in [1.82, 2.24) is 9.88 Å². The molecule has 1 fully saturated rings. The molecule has 1 aliphatic heterocycles. The van der Waals surface area contributed by atoms with Gasteiger partial charge in [-0.1, -0.05) is 20.8 Å². The first-order valence-electron chi connectivity index (χ1n) is 6.87. The van der Waals surface area contributed by atoms with Gasteiger partial charge in [0.1, 0.15) is 5.76 Å². The minimum atomic E-state index is -0.855. The Morgan fingerprint density at radius 3 is 2.75 bits per heavy atom. The third-order valence-corrected chi connectivity index (χ3v) is 4.28. The van der Waals surface area contributed by atoms with Gasteiger partial charge in [0.15, 0.2) is 12.1 Å². The molecular formula is C14H20N2O4. The zero-order valence-corrected chi connectivity index (χ0v) is 12.0. The second kappa shape index (κ2) is 5.26. The normalized spacial score (nSPS) is 22.5. The maximum absolute atomic E-state index is 12.4. The van der Waals surface area contributed by atoms with E-state index in [0.29, 0.717) is 30.8 Å². The van der Waals surface area contributed by atoms with Gasteiger partial charge in [-0.2, -0.15) is 0 Å². The number of aliphatic carboxylic acids is 1. The fourth-order valence-electron chi connectivity index (χ4n) is 2.74. The molecule has 6 heteroatoms. The summed E-state index contributed by atoms with van der Waals surface area (Å²) in [6.45, 7) is 6.33. The number of aromatic nitrogens is 1. The molecule has 2 heterocycles. The molecule has 1 aromatic heterocycles. The molecule has 1 unspecified atom stereocenters. The molecule has 1 N–H and O–H groups in total. The van der Waals surface area contributed by atoms with E-state index < -0.39 is 11.4 Å². The zero-order chi connectivity index (χ0) is 14.9. The number of hydrogen-bond acceptors (Lipinski definition) is 4. The Morgan fingerprint density at radius 1 is 1.55 bits per heavy atom. The summed E-state index contributed by atoms with van der Waals surface area (Å²) in [5.41, 5.74) is -0.552. The van der Waals surface area contributed by atoms with E-state index in [4.69, 9.17) is 4.42 Å². The van der Waals surface area contributed by atoms with Gasteiger partial charge in [0, 0.05) is 19.5 Å². The number of hydrogen-bond donors (Lipinski definition) is 1. The molecule has 0 spiro atoms. The van der Waals surface area contributed by atoms with Crippen LogP contribution in [0.1, 0.15) is 43.4 Å². The van der Waals surface area contributed by atoms with Crippen LogP contribution in [0.4, 0.5) is 0 Å². The molecule has 20 heavy (non-hydrogen) atoms. The topological polar surface area (TPSA) is 83.6 Å². The first-order valence-corrected chi connectivity index (χ1v) is 6.87. The molecule has 0 saturated carbocycles. The predicted octanol–water partition coefficient (Wildman–Crippen LogP) is 1.81. The van der Waals surface area contributed by atoms with Crippen LogP contribution in [0.15, 0.2) is 10.8 Å². The van der Waals surface area contributed by atoms with Gasteiger partial charge in [0.25, 0.3) is 5.91 Å². The van der Waals surface area contributed by atoms with Gasteiger partial charge in [0.2, 0.25) is 0 Å². The number of carbonyl (C=O) groups excluding carboxylic acids is 1. The Hall–Kier alpha value is -1.85. The molecule has 1 aromatic rings. The van der Waals surface area contributed by atoms with Crippen molar-refractivity contribution in [2.75, 3.05) is 13.1 Å². The van der Waals surface area contributed by atoms with Crippen molar-refractivity contribution in [2.45, 2.75) is 33.6 Å². The van der Waals surface area contributed by atoms with Crippen molar-refractivity contribution >= 4 is 11.9 Å². The van der Waals surface area contributed by atoms with Crippen LogP contribution in [0.5, 0.6) is 0 Å². The molecule has 0 aliphatic carbocycles. The molecule has 1 atom stereocenters. The molecule has 0 aromatic carbocycles. The average Bonchev–Trinajstić information content (AvgIpc) is 3.05. The van der Waals surface area contributed by atoms with Gasteiger partial charge in [-0.15, -0.1) is 0 Å². The number of carboxylic acid groups (broad SMARTS) is 1. The molecule has 1 saturated heterocycles. The van der Waals surface area contributed by atoms with Crippen molar-refractivity contribution < 1.29 is 19.1 Å². The third kappa shape index (κ3) is 2.19. The van der Waals surface area contributed by atoms with Crippen LogP contribution >= 0.6 is 0 Å². The Bertz CT molecular complexity index is 523. The Morgan fingerprint density at radius 2 is 2.25 bits per heavy atom. The quantitative estimate of drug-likeness (QED) is 0.909. The van der Waals surface area contributed by atoms with E-state index in [9.17, 15) is 14.7 Å². The van der Waals surface area contributed by atoms with Gasteiger partial charge < -0.3 is 14.4 Å². The fraction of sp³-hybridized carbons (Fsp3) is 0.643. The van der Waals surface area contributed by atoms with Crippen molar-refractivity contribution in [2.24, 2.45) is 11.3 Å². The number of carboxylic acids is 1. The first kappa shape index (κ1) is 14.6. The summed E-state index contributed by atoms with van der Waals surface area (Å²) in [6.07, 6.45) is 2.32. The molecule has 0 bridgehead atoms. The number of oxazole rings is 1. The van der Waals surface area contributed by atoms with Crippen molar-refractivity contribution in [3.63, 3.8) is 0 Å². The summed E-state index contributed by atoms with van der Waals surface area (Å²) in [5.74, 6) is -0.550. The minimum absolute atomic E-state index is 0.0271. The van der Waals surface area contributed by atoms with E-state index in [2.05, 4.69) is 4.98 Å². The number of aryl methyl sites for hydroxylation is 1. The maximum Gasteiger partial charge on any atom is 0.311 e. The summed E-state index contributed by atoms with van der Waals surface area (Å²) in [5, 5.41) is 9.49. The summed E-state index contributed by atoms with van der Waals surface area (Å²) < 4.78 is 5.17. The van der Waals surface area contributed by atoms with Crippen molar-refractivity contribution in [1.29, 1.82) is 0 Å². The van der Waals surface area contributed by atoms with Gasteiger partial charge in [0.05, 0.1) is 5.41 Å². The molecule has 1 amide bonds. The summed E-state index contributed by atoms with van der Waals surface area (Å²) in [4.78, 5) is 29.5. The monoisotopic (exact) mass is 280 g/mol. The smallest absolute Gasteiger partial charge is 0.311 e. The van der Waals surface area contributed by atoms with Gasteiger partial charge >= 0.3 is 5.97 Å². The molecule has 0 radical (unpaired) electrons. The Balaban J connectivity index is 2.21. The van der Waals surface area contributed by atoms with E-state index in [1.165, 1.54) is 6.39 Å². The number of carbonyl (C=O) groups is 2. The highest BCUT2D eigenvalue weighted by atomic mass is 16.4. The van der Waals surface area contributed by atoms with Crippen LogP contribution in [0.3, 0.4) is 0 Å². The van der Waals surface area contributed by atoms with Gasteiger partial charge in [-0.25, -0.2) is 4.98 Å². The van der Waals surface area contributed by atoms with E-state index in [-0.39, 0.29) is 18.4 Å². The highest BCUT2D eigenvalue weighted by Gasteiger charge is 2.48. The van der Waals surface area contributed by atoms with Crippen LogP contribution in [0.25, 0.3) is 0 Å². The SMILES string of the molecule is CCc1ocnc1C(=O)N1CCC(C(=O)O)(C(C)C)C1. The van der Waals surface area contributed by atoms with Crippen LogP contribution in [0.2, 0.25) is 0 Å². The number of likely N-dealkylation sites (tertiary alicyclic amines) is 1. The summed E-state index contributed by atoms with van der Waals surface area (Å²) in [7, 11) is 0. The second-order valence-electron chi connectivity index (χ2n) is 5.57. The lowest BCUT2D eigenvalue weighted by Crippen LogP contribution is -2.40. The van der Waals surface area contributed by atoms with Crippen LogP contribution in [-0.2, 0) is 11.2 Å². The first-order chi connectivity index (χ1) is 9.42. The van der Waals surface area contributed by atoms with Gasteiger partial charge in [-0.05, 0) is 12.3 Å². The van der Waals surface area contributed by atoms with Crippen LogP contribution in [0, 0.1) is 11.3 Å². The molecule has 110 valence electrons. The van der Waals surface area contributed by atoms with Crippen LogP contribution < -0.4 is 0 Å². The minimum Gasteiger partial charge on any atom is -0.481 e. The van der Waals surface area contributed by atoms with E-state index >= 15 is 0 Å². The lowest BCUT2D eigenvalue weighted by Gasteiger charge is -2.28. The molecule has 2 rings (SSSR count). The van der Waals surface area contributed by atoms with E-state index in [1.807, 2.05) is 20.8 Å².